The Balaban J connectivity index is 0.000000320. The topological polar surface area (TPSA) is 38.7 Å². The summed E-state index contributed by atoms with van der Waals surface area (Å²) in [6.07, 6.45) is 41.1. The van der Waals surface area contributed by atoms with Gasteiger partial charge in [0.1, 0.15) is 0 Å². The van der Waals surface area contributed by atoms with Gasteiger partial charge in [-0.15, -0.1) is 0 Å². The molecule has 0 spiro atoms. The Morgan fingerprint density at radius 1 is 0.462 bits per heavy atom. The van der Waals surface area contributed by atoms with E-state index in [1.807, 2.05) is 13.8 Å². The van der Waals surface area contributed by atoms with E-state index in [2.05, 4.69) is 0 Å². The first-order chi connectivity index (χ1) is 19.2. The quantitative estimate of drug-likeness (QED) is 0.333. The molecular formula is C36H72O3. The monoisotopic (exact) mass is 553 g/mol. The first kappa shape index (κ1) is 36.9. The van der Waals surface area contributed by atoms with E-state index in [0.29, 0.717) is 13.2 Å². The van der Waals surface area contributed by atoms with Crippen molar-refractivity contribution >= 4 is 0 Å². The Hall–Kier alpha value is -0.120. The van der Waals surface area contributed by atoms with E-state index in [0.717, 1.165) is 12.8 Å². The molecule has 1 unspecified atom stereocenters. The van der Waals surface area contributed by atoms with Gasteiger partial charge in [0.2, 0.25) is 0 Å². The zero-order valence-electron chi connectivity index (χ0n) is 27.0. The van der Waals surface area contributed by atoms with Crippen molar-refractivity contribution in [3.63, 3.8) is 0 Å². The summed E-state index contributed by atoms with van der Waals surface area (Å²) in [6.45, 7) is 5.46. The summed E-state index contributed by atoms with van der Waals surface area (Å²) in [5, 5.41) is 9.84. The van der Waals surface area contributed by atoms with Crippen LogP contribution in [0.1, 0.15) is 200 Å². The average molecular weight is 553 g/mol. The molecular weight excluding hydrogens is 480 g/mol. The highest BCUT2D eigenvalue weighted by Gasteiger charge is 2.30. The predicted octanol–water partition coefficient (Wildman–Crippen LogP) is 11.7. The maximum atomic E-state index is 9.84. The van der Waals surface area contributed by atoms with Crippen LogP contribution in [0.25, 0.3) is 0 Å². The lowest BCUT2D eigenvalue weighted by atomic mass is 9.78. The molecule has 1 N–H and O–H groups in total. The lowest BCUT2D eigenvalue weighted by molar-refractivity contribution is -0.155. The van der Waals surface area contributed by atoms with Crippen LogP contribution in [0.15, 0.2) is 0 Å². The lowest BCUT2D eigenvalue weighted by Gasteiger charge is -2.33. The highest BCUT2D eigenvalue weighted by Crippen LogP contribution is 2.33. The van der Waals surface area contributed by atoms with Crippen molar-refractivity contribution in [2.75, 3.05) is 19.8 Å². The van der Waals surface area contributed by atoms with E-state index in [1.54, 1.807) is 0 Å². The molecule has 0 bridgehead atoms. The van der Waals surface area contributed by atoms with Gasteiger partial charge in [-0.05, 0) is 26.7 Å². The third-order valence-electron chi connectivity index (χ3n) is 9.28. The highest BCUT2D eigenvalue weighted by atomic mass is 16.7. The molecule has 0 heterocycles. The molecule has 3 aliphatic rings. The van der Waals surface area contributed by atoms with Crippen LogP contribution >= 0.6 is 0 Å². The van der Waals surface area contributed by atoms with Gasteiger partial charge in [-0.25, -0.2) is 0 Å². The molecule has 3 nitrogen and oxygen atoms in total. The summed E-state index contributed by atoms with van der Waals surface area (Å²) in [5.41, 5.74) is -0.0390. The van der Waals surface area contributed by atoms with Crippen LogP contribution < -0.4 is 0 Å². The zero-order chi connectivity index (χ0) is 28.1. The van der Waals surface area contributed by atoms with Crippen LogP contribution in [0.4, 0.5) is 0 Å². The Morgan fingerprint density at radius 2 is 0.718 bits per heavy atom. The lowest BCUT2D eigenvalue weighted by Crippen LogP contribution is -2.33. The molecule has 3 heteroatoms. The van der Waals surface area contributed by atoms with Crippen molar-refractivity contribution in [2.45, 2.75) is 206 Å². The molecule has 0 aromatic carbocycles. The third kappa shape index (κ3) is 23.2. The van der Waals surface area contributed by atoms with Crippen molar-refractivity contribution in [2.24, 2.45) is 5.41 Å². The van der Waals surface area contributed by atoms with Crippen molar-refractivity contribution in [1.29, 1.82) is 0 Å². The van der Waals surface area contributed by atoms with Crippen LogP contribution in [0, 0.1) is 5.41 Å². The van der Waals surface area contributed by atoms with E-state index in [4.69, 9.17) is 9.47 Å². The summed E-state index contributed by atoms with van der Waals surface area (Å²) in [5.74, 6) is 0. The summed E-state index contributed by atoms with van der Waals surface area (Å²) >= 11 is 0. The molecule has 3 rings (SSSR count). The van der Waals surface area contributed by atoms with E-state index >= 15 is 0 Å². The van der Waals surface area contributed by atoms with Gasteiger partial charge in [-0.1, -0.05) is 173 Å². The maximum Gasteiger partial charge on any atom is 0.154 e. The number of aliphatic hydroxyl groups is 1. The van der Waals surface area contributed by atoms with Crippen LogP contribution in [0.5, 0.6) is 0 Å². The maximum absolute atomic E-state index is 9.84. The highest BCUT2D eigenvalue weighted by molar-refractivity contribution is 4.79. The summed E-state index contributed by atoms with van der Waals surface area (Å²) in [4.78, 5) is 0. The van der Waals surface area contributed by atoms with Crippen molar-refractivity contribution < 1.29 is 14.6 Å². The fourth-order valence-electron chi connectivity index (χ4n) is 6.47. The molecule has 0 radical (unpaired) electrons. The van der Waals surface area contributed by atoms with Gasteiger partial charge < -0.3 is 14.6 Å². The van der Waals surface area contributed by atoms with Gasteiger partial charge in [0.25, 0.3) is 0 Å². The molecule has 39 heavy (non-hydrogen) atoms. The number of rotatable bonds is 6. The largest absolute Gasteiger partial charge is 0.396 e. The van der Waals surface area contributed by atoms with Gasteiger partial charge in [0.15, 0.2) is 6.29 Å². The van der Waals surface area contributed by atoms with Crippen LogP contribution in [0.3, 0.4) is 0 Å². The third-order valence-corrected chi connectivity index (χ3v) is 9.28. The summed E-state index contributed by atoms with van der Waals surface area (Å²) < 4.78 is 11.2. The molecule has 0 aromatic heterocycles. The molecule has 0 amide bonds. The first-order valence-corrected chi connectivity index (χ1v) is 18.1. The number of hydrogen-bond donors (Lipinski definition) is 1. The Bertz CT molecular complexity index is 383. The van der Waals surface area contributed by atoms with Gasteiger partial charge in [-0.2, -0.15) is 0 Å². The molecule has 0 aromatic rings. The minimum absolute atomic E-state index is 0.0390. The molecule has 1 atom stereocenters. The van der Waals surface area contributed by atoms with Gasteiger partial charge in [-0.3, -0.25) is 0 Å². The smallest absolute Gasteiger partial charge is 0.154 e. The normalized spacial score (nSPS) is 23.5. The fourth-order valence-corrected chi connectivity index (χ4v) is 6.47. The molecule has 0 saturated heterocycles. The zero-order valence-corrected chi connectivity index (χ0v) is 27.0. The molecule has 0 aliphatic heterocycles. The van der Waals surface area contributed by atoms with E-state index in [1.165, 1.54) is 173 Å². The summed E-state index contributed by atoms with van der Waals surface area (Å²) in [7, 11) is 0. The fraction of sp³-hybridized carbons (Fsp3) is 1.00. The Kier molecular flexibility index (Phi) is 26.5. The second-order valence-electron chi connectivity index (χ2n) is 13.0. The molecule has 3 saturated carbocycles. The molecule has 3 aliphatic carbocycles. The standard InChI is InChI=1S/C16H32O3.2C10H20/c1-3-18-15(2)19-14-16(13-17)11-9-7-5-4-6-8-10-12-16;2*1-2-4-6-8-10-9-7-5-3-1/h15,17H,3-14H2,1-2H3;2*1-10H2. The second kappa shape index (κ2) is 28.0. The minimum Gasteiger partial charge on any atom is -0.396 e. The van der Waals surface area contributed by atoms with Crippen LogP contribution in [0.2, 0.25) is 0 Å². The van der Waals surface area contributed by atoms with E-state index in [9.17, 15) is 5.11 Å². The summed E-state index contributed by atoms with van der Waals surface area (Å²) in [6, 6.07) is 0. The second-order valence-corrected chi connectivity index (χ2v) is 13.0. The van der Waals surface area contributed by atoms with E-state index < -0.39 is 0 Å². The first-order valence-electron chi connectivity index (χ1n) is 18.1. The molecule has 234 valence electrons. The number of ether oxygens (including phenoxy) is 2. The SMILES string of the molecule is C1CCCCCCCCC1.C1CCCCCCCCC1.CCOC(C)OCC1(CO)CCCCCCCCC1. The van der Waals surface area contributed by atoms with E-state index in [-0.39, 0.29) is 18.3 Å². The molecule has 3 fully saturated rings. The van der Waals surface area contributed by atoms with Gasteiger partial charge in [0, 0.05) is 12.0 Å². The van der Waals surface area contributed by atoms with Crippen molar-refractivity contribution in [3.8, 4) is 0 Å². The van der Waals surface area contributed by atoms with Crippen molar-refractivity contribution in [3.05, 3.63) is 0 Å². The predicted molar refractivity (Wildman–Crippen MR) is 170 cm³/mol. The van der Waals surface area contributed by atoms with Crippen LogP contribution in [-0.2, 0) is 9.47 Å². The van der Waals surface area contributed by atoms with Gasteiger partial charge >= 0.3 is 0 Å². The van der Waals surface area contributed by atoms with Gasteiger partial charge in [0.05, 0.1) is 13.2 Å². The Labute approximate surface area is 246 Å². The number of aliphatic hydroxyl groups excluding tert-OH is 1. The van der Waals surface area contributed by atoms with Crippen LogP contribution in [-0.4, -0.2) is 31.2 Å². The van der Waals surface area contributed by atoms with Crippen molar-refractivity contribution in [1.82, 2.24) is 0 Å². The number of hydrogen-bond acceptors (Lipinski definition) is 3. The Morgan fingerprint density at radius 3 is 0.949 bits per heavy atom. The minimum atomic E-state index is -0.163. The average Bonchev–Trinajstić information content (AvgIpc) is 2.98.